The minimum absolute atomic E-state index is 0.0879. The molecule has 94 valence electrons. The van der Waals surface area contributed by atoms with Crippen LogP contribution in [0, 0.1) is 0 Å². The van der Waals surface area contributed by atoms with E-state index in [1.807, 2.05) is 4.90 Å². The Morgan fingerprint density at radius 2 is 2.12 bits per heavy atom. The molecule has 0 aromatic rings. The molecule has 0 aromatic carbocycles. The number of hydrogen-bond donors (Lipinski definition) is 1. The third kappa shape index (κ3) is 4.12. The summed E-state index contributed by atoms with van der Waals surface area (Å²) in [6, 6.07) is 0.0879. The highest BCUT2D eigenvalue weighted by molar-refractivity contribution is 5.82. The summed E-state index contributed by atoms with van der Waals surface area (Å²) >= 11 is 0. The summed E-state index contributed by atoms with van der Waals surface area (Å²) in [5, 5.41) is 3.27. The molecular weight excluding hydrogens is 200 g/mol. The average molecular weight is 226 g/mol. The molecule has 0 aromatic heterocycles. The molecule has 3 nitrogen and oxygen atoms in total. The number of carbonyl (C=O) groups excluding carboxylic acids is 1. The summed E-state index contributed by atoms with van der Waals surface area (Å²) in [6.45, 7) is 7.09. The highest BCUT2D eigenvalue weighted by Gasteiger charge is 2.27. The van der Waals surface area contributed by atoms with Crippen molar-refractivity contribution < 1.29 is 4.79 Å². The van der Waals surface area contributed by atoms with Crippen LogP contribution in [0.25, 0.3) is 0 Å². The number of carbonyl (C=O) groups is 1. The Morgan fingerprint density at radius 1 is 1.31 bits per heavy atom. The molecule has 3 heteroatoms. The van der Waals surface area contributed by atoms with Gasteiger partial charge < -0.3 is 10.2 Å². The number of unbranched alkanes of at least 4 members (excludes halogenated alkanes) is 3. The molecule has 0 spiro atoms. The number of amides is 1. The van der Waals surface area contributed by atoms with Crippen molar-refractivity contribution in [2.75, 3.05) is 19.6 Å². The maximum atomic E-state index is 12.0. The van der Waals surface area contributed by atoms with Gasteiger partial charge >= 0.3 is 0 Å². The zero-order chi connectivity index (χ0) is 11.8. The molecule has 1 aliphatic heterocycles. The van der Waals surface area contributed by atoms with Crippen LogP contribution in [0.1, 0.15) is 52.4 Å². The molecule has 1 saturated heterocycles. The monoisotopic (exact) mass is 226 g/mol. The van der Waals surface area contributed by atoms with Crippen LogP contribution in [0.2, 0.25) is 0 Å². The Morgan fingerprint density at radius 3 is 2.81 bits per heavy atom. The van der Waals surface area contributed by atoms with Gasteiger partial charge in [-0.25, -0.2) is 0 Å². The summed E-state index contributed by atoms with van der Waals surface area (Å²) < 4.78 is 0. The van der Waals surface area contributed by atoms with Crippen LogP contribution in [0.4, 0.5) is 0 Å². The fraction of sp³-hybridized carbons (Fsp3) is 0.923. The fourth-order valence-corrected chi connectivity index (χ4v) is 2.33. The van der Waals surface area contributed by atoms with Crippen molar-refractivity contribution in [2.45, 2.75) is 58.4 Å². The molecule has 0 radical (unpaired) electrons. The van der Waals surface area contributed by atoms with Crippen molar-refractivity contribution >= 4 is 5.91 Å². The van der Waals surface area contributed by atoms with Crippen LogP contribution in [-0.2, 0) is 4.79 Å². The lowest BCUT2D eigenvalue weighted by Crippen LogP contribution is -2.50. The van der Waals surface area contributed by atoms with Gasteiger partial charge in [0.2, 0.25) is 5.91 Å². The minimum Gasteiger partial charge on any atom is -0.341 e. The number of nitrogens with one attached hydrogen (secondary N) is 1. The maximum absolute atomic E-state index is 12.0. The van der Waals surface area contributed by atoms with Crippen molar-refractivity contribution in [3.05, 3.63) is 0 Å². The lowest BCUT2D eigenvalue weighted by Gasteiger charge is -2.32. The topological polar surface area (TPSA) is 32.3 Å². The molecule has 1 atom stereocenters. The molecule has 1 unspecified atom stereocenters. The van der Waals surface area contributed by atoms with E-state index in [2.05, 4.69) is 19.2 Å². The van der Waals surface area contributed by atoms with Gasteiger partial charge in [0.25, 0.3) is 0 Å². The molecule has 1 amide bonds. The first-order chi connectivity index (χ1) is 7.79. The molecular formula is C13H26N2O. The number of nitrogens with zero attached hydrogens (tertiary/aromatic N) is 1. The van der Waals surface area contributed by atoms with Crippen molar-refractivity contribution in [1.82, 2.24) is 10.2 Å². The molecule has 1 fully saturated rings. The van der Waals surface area contributed by atoms with Gasteiger partial charge in [-0.1, -0.05) is 33.1 Å². The van der Waals surface area contributed by atoms with Crippen molar-refractivity contribution in [3.8, 4) is 0 Å². The van der Waals surface area contributed by atoms with Gasteiger partial charge in [-0.05, 0) is 25.8 Å². The fourth-order valence-electron chi connectivity index (χ4n) is 2.33. The van der Waals surface area contributed by atoms with Crippen LogP contribution in [0.5, 0.6) is 0 Å². The van der Waals surface area contributed by atoms with E-state index in [9.17, 15) is 4.79 Å². The second kappa shape index (κ2) is 7.66. The second-order valence-electron chi connectivity index (χ2n) is 4.64. The maximum Gasteiger partial charge on any atom is 0.239 e. The van der Waals surface area contributed by atoms with E-state index in [0.29, 0.717) is 5.91 Å². The Hall–Kier alpha value is -0.570. The predicted octanol–water partition coefficient (Wildman–Crippen LogP) is 2.17. The Kier molecular flexibility index (Phi) is 6.46. The van der Waals surface area contributed by atoms with Gasteiger partial charge in [0.05, 0.1) is 6.04 Å². The Bertz CT molecular complexity index is 204. The summed E-state index contributed by atoms with van der Waals surface area (Å²) in [5.74, 6) is 0.324. The number of likely N-dealkylation sites (tertiary alicyclic amines) is 1. The van der Waals surface area contributed by atoms with Crippen LogP contribution in [0.15, 0.2) is 0 Å². The number of hydrogen-bond acceptors (Lipinski definition) is 2. The summed E-state index contributed by atoms with van der Waals surface area (Å²) in [6.07, 6.45) is 7.13. The van der Waals surface area contributed by atoms with E-state index in [1.54, 1.807) is 0 Å². The Labute approximate surface area is 99.6 Å². The van der Waals surface area contributed by atoms with Gasteiger partial charge in [0, 0.05) is 13.1 Å². The van der Waals surface area contributed by atoms with Crippen molar-refractivity contribution in [2.24, 2.45) is 0 Å². The van der Waals surface area contributed by atoms with Crippen molar-refractivity contribution in [3.63, 3.8) is 0 Å². The van der Waals surface area contributed by atoms with Gasteiger partial charge in [-0.2, -0.15) is 0 Å². The number of piperidine rings is 1. The first-order valence-electron chi connectivity index (χ1n) is 6.81. The SMILES string of the molecule is CCCCCCN1CCCC(NCC)C1=O. The van der Waals surface area contributed by atoms with E-state index < -0.39 is 0 Å². The third-order valence-electron chi connectivity index (χ3n) is 3.26. The molecule has 16 heavy (non-hydrogen) atoms. The van der Waals surface area contributed by atoms with E-state index in [1.165, 1.54) is 25.7 Å². The van der Waals surface area contributed by atoms with Crippen molar-refractivity contribution in [1.29, 1.82) is 0 Å². The van der Waals surface area contributed by atoms with Crippen LogP contribution in [0.3, 0.4) is 0 Å². The van der Waals surface area contributed by atoms with Gasteiger partial charge in [0.15, 0.2) is 0 Å². The molecule has 1 rings (SSSR count). The normalized spacial score (nSPS) is 21.5. The zero-order valence-corrected chi connectivity index (χ0v) is 10.8. The van der Waals surface area contributed by atoms with E-state index >= 15 is 0 Å². The second-order valence-corrected chi connectivity index (χ2v) is 4.64. The molecule has 1 aliphatic rings. The predicted molar refractivity (Wildman–Crippen MR) is 67.4 cm³/mol. The smallest absolute Gasteiger partial charge is 0.239 e. The highest BCUT2D eigenvalue weighted by atomic mass is 16.2. The quantitative estimate of drug-likeness (QED) is 0.675. The van der Waals surface area contributed by atoms with Gasteiger partial charge in [-0.3, -0.25) is 4.79 Å². The highest BCUT2D eigenvalue weighted by Crippen LogP contribution is 2.13. The average Bonchev–Trinajstić information content (AvgIpc) is 2.29. The lowest BCUT2D eigenvalue weighted by atomic mass is 10.0. The first-order valence-corrected chi connectivity index (χ1v) is 6.81. The molecule has 1 N–H and O–H groups in total. The first kappa shape index (κ1) is 13.5. The summed E-state index contributed by atoms with van der Waals surface area (Å²) in [7, 11) is 0. The van der Waals surface area contributed by atoms with Gasteiger partial charge in [0.1, 0.15) is 0 Å². The third-order valence-corrected chi connectivity index (χ3v) is 3.26. The number of rotatable bonds is 7. The van der Waals surface area contributed by atoms with Gasteiger partial charge in [-0.15, -0.1) is 0 Å². The largest absolute Gasteiger partial charge is 0.341 e. The zero-order valence-electron chi connectivity index (χ0n) is 10.8. The van der Waals surface area contributed by atoms with E-state index in [-0.39, 0.29) is 6.04 Å². The van der Waals surface area contributed by atoms with Crippen LogP contribution >= 0.6 is 0 Å². The molecule has 0 saturated carbocycles. The van der Waals surface area contributed by atoms with E-state index in [0.717, 1.165) is 32.5 Å². The lowest BCUT2D eigenvalue weighted by molar-refractivity contribution is -0.136. The summed E-state index contributed by atoms with van der Waals surface area (Å²) in [5.41, 5.74) is 0. The molecule has 0 aliphatic carbocycles. The molecule has 0 bridgehead atoms. The number of likely N-dealkylation sites (N-methyl/N-ethyl adjacent to an activating group) is 1. The standard InChI is InChI=1S/C13H26N2O/c1-3-5-6-7-10-15-11-8-9-12(13(15)16)14-4-2/h12,14H,3-11H2,1-2H3. The minimum atomic E-state index is 0.0879. The Balaban J connectivity index is 2.27. The van der Waals surface area contributed by atoms with E-state index in [4.69, 9.17) is 0 Å². The van der Waals surface area contributed by atoms with Crippen LogP contribution in [-0.4, -0.2) is 36.5 Å². The molecule has 1 heterocycles. The summed E-state index contributed by atoms with van der Waals surface area (Å²) in [4.78, 5) is 14.1. The van der Waals surface area contributed by atoms with Crippen LogP contribution < -0.4 is 5.32 Å².